The van der Waals surface area contributed by atoms with Gasteiger partial charge in [0.2, 0.25) is 0 Å². The molecule has 0 heteroatoms. The van der Waals surface area contributed by atoms with Gasteiger partial charge in [0.25, 0.3) is 0 Å². The highest BCUT2D eigenvalue weighted by Crippen LogP contribution is 2.37. The zero-order valence-electron chi connectivity index (χ0n) is 15.0. The molecule has 0 spiro atoms. The van der Waals surface area contributed by atoms with Crippen molar-refractivity contribution in [3.05, 3.63) is 84.0 Å². The fraction of sp³-hybridized carbons (Fsp3) is 0.391. The van der Waals surface area contributed by atoms with Crippen molar-refractivity contribution in [2.75, 3.05) is 0 Å². The van der Waals surface area contributed by atoms with E-state index in [4.69, 9.17) is 0 Å². The highest BCUT2D eigenvalue weighted by Gasteiger charge is 2.28. The minimum absolute atomic E-state index is 0.00170. The van der Waals surface area contributed by atoms with Crippen LogP contribution < -0.4 is 0 Å². The van der Waals surface area contributed by atoms with Crippen LogP contribution in [0.3, 0.4) is 0 Å². The maximum Gasteiger partial charge on any atom is 0.0284 e. The Morgan fingerprint density at radius 3 is 1.43 bits per heavy atom. The number of rotatable bonds is 2. The second kappa shape index (κ2) is 5.37. The molecule has 0 aliphatic heterocycles. The monoisotopic (exact) mass is 304 g/mol. The van der Waals surface area contributed by atoms with Crippen molar-refractivity contribution >= 4 is 0 Å². The van der Waals surface area contributed by atoms with E-state index in [9.17, 15) is 0 Å². The van der Waals surface area contributed by atoms with Crippen molar-refractivity contribution in [3.8, 4) is 0 Å². The van der Waals surface area contributed by atoms with Crippen LogP contribution in [0.2, 0.25) is 0 Å². The van der Waals surface area contributed by atoms with E-state index in [1.165, 1.54) is 11.1 Å². The van der Waals surface area contributed by atoms with E-state index in [1.54, 1.807) is 0 Å². The molecule has 23 heavy (non-hydrogen) atoms. The van der Waals surface area contributed by atoms with Gasteiger partial charge < -0.3 is 0 Å². The normalized spacial score (nSPS) is 30.6. The molecule has 0 heterocycles. The molecule has 3 rings (SSSR count). The quantitative estimate of drug-likeness (QED) is 0.578. The van der Waals surface area contributed by atoms with Gasteiger partial charge in [-0.25, -0.2) is 0 Å². The molecule has 0 unspecified atom stereocenters. The molecule has 0 bridgehead atoms. The number of hydrogen-bond acceptors (Lipinski definition) is 0. The molecule has 0 fully saturated rings. The van der Waals surface area contributed by atoms with Crippen molar-refractivity contribution < 1.29 is 0 Å². The Morgan fingerprint density at radius 2 is 1.00 bits per heavy atom. The lowest BCUT2D eigenvalue weighted by atomic mass is 9.72. The molecule has 0 aromatic heterocycles. The summed E-state index contributed by atoms with van der Waals surface area (Å²) >= 11 is 0. The highest BCUT2D eigenvalue weighted by molar-refractivity contribution is 5.45. The molecule has 0 nitrogen and oxygen atoms in total. The van der Waals surface area contributed by atoms with Gasteiger partial charge in [-0.1, -0.05) is 93.6 Å². The Kier molecular flexibility index (Phi) is 3.75. The Balaban J connectivity index is 1.88. The average Bonchev–Trinajstić information content (AvgIpc) is 2.54. The van der Waals surface area contributed by atoms with E-state index in [2.05, 4.69) is 107 Å². The van der Waals surface area contributed by atoms with E-state index in [-0.39, 0.29) is 16.2 Å². The van der Waals surface area contributed by atoms with Gasteiger partial charge in [-0.3, -0.25) is 0 Å². The molecule has 0 saturated heterocycles. The van der Waals surface area contributed by atoms with Crippen LogP contribution in [-0.4, -0.2) is 0 Å². The van der Waals surface area contributed by atoms with Gasteiger partial charge in [0.05, 0.1) is 0 Å². The largest absolute Gasteiger partial charge is 0.0807 e. The van der Waals surface area contributed by atoms with Gasteiger partial charge in [-0.2, -0.15) is 0 Å². The molecule has 0 amide bonds. The van der Waals surface area contributed by atoms with Gasteiger partial charge >= 0.3 is 0 Å². The standard InChI is InChI=1S/C23H28/c1-18-10-12-22(4,13-11-18)19-6-8-20(9-7-19)23(5)16-14-21(2,3)15-17-23/h6-18H,1-5H3. The summed E-state index contributed by atoms with van der Waals surface area (Å²) in [6, 6.07) is 9.14. The van der Waals surface area contributed by atoms with Crippen LogP contribution in [-0.2, 0) is 10.8 Å². The van der Waals surface area contributed by atoms with E-state index in [0.29, 0.717) is 5.92 Å². The van der Waals surface area contributed by atoms with Crippen LogP contribution in [0, 0.1) is 11.3 Å². The first kappa shape index (κ1) is 16.1. The van der Waals surface area contributed by atoms with Gasteiger partial charge in [-0.15, -0.1) is 0 Å². The first-order chi connectivity index (χ1) is 10.7. The first-order valence-corrected chi connectivity index (χ1v) is 8.63. The second-order valence-electron chi connectivity index (χ2n) is 8.21. The lowest BCUT2D eigenvalue weighted by molar-refractivity contribution is 0.580. The zero-order chi connectivity index (χ0) is 16.7. The van der Waals surface area contributed by atoms with Crippen LogP contribution in [0.1, 0.15) is 45.7 Å². The Bertz CT molecular complexity index is 662. The van der Waals surface area contributed by atoms with Crippen LogP contribution >= 0.6 is 0 Å². The third-order valence-corrected chi connectivity index (χ3v) is 5.34. The summed E-state index contributed by atoms with van der Waals surface area (Å²) in [6.07, 6.45) is 18.6. The second-order valence-corrected chi connectivity index (χ2v) is 8.21. The van der Waals surface area contributed by atoms with Gasteiger partial charge in [0.15, 0.2) is 0 Å². The number of benzene rings is 1. The van der Waals surface area contributed by atoms with Crippen molar-refractivity contribution in [2.45, 2.75) is 45.4 Å². The molecule has 0 N–H and O–H groups in total. The predicted octanol–water partition coefficient (Wildman–Crippen LogP) is 6.12. The van der Waals surface area contributed by atoms with Gasteiger partial charge in [0.1, 0.15) is 0 Å². The minimum Gasteiger partial charge on any atom is -0.0807 e. The topological polar surface area (TPSA) is 0 Å². The van der Waals surface area contributed by atoms with Crippen molar-refractivity contribution in [3.63, 3.8) is 0 Å². The fourth-order valence-electron chi connectivity index (χ4n) is 3.28. The molecule has 2 aliphatic rings. The summed E-state index contributed by atoms with van der Waals surface area (Å²) in [7, 11) is 0. The lowest BCUT2D eigenvalue weighted by Gasteiger charge is -2.32. The maximum atomic E-state index is 2.34. The molecule has 1 aromatic carbocycles. The molecular weight excluding hydrogens is 276 g/mol. The van der Waals surface area contributed by atoms with E-state index < -0.39 is 0 Å². The Labute approximate surface area is 141 Å². The van der Waals surface area contributed by atoms with Crippen LogP contribution in [0.15, 0.2) is 72.9 Å². The first-order valence-electron chi connectivity index (χ1n) is 8.63. The third-order valence-electron chi connectivity index (χ3n) is 5.34. The molecule has 1 aromatic rings. The summed E-state index contributed by atoms with van der Waals surface area (Å²) in [6.45, 7) is 11.3. The predicted molar refractivity (Wildman–Crippen MR) is 101 cm³/mol. The Morgan fingerprint density at radius 1 is 0.609 bits per heavy atom. The fourth-order valence-corrected chi connectivity index (χ4v) is 3.28. The van der Waals surface area contributed by atoms with E-state index >= 15 is 0 Å². The smallest absolute Gasteiger partial charge is 0.0284 e. The van der Waals surface area contributed by atoms with Crippen molar-refractivity contribution in [1.29, 1.82) is 0 Å². The van der Waals surface area contributed by atoms with Crippen LogP contribution in [0.5, 0.6) is 0 Å². The molecule has 2 aliphatic carbocycles. The maximum absolute atomic E-state index is 2.34. The molecule has 0 atom stereocenters. The van der Waals surface area contributed by atoms with E-state index in [0.717, 1.165) is 0 Å². The zero-order valence-corrected chi connectivity index (χ0v) is 15.0. The highest BCUT2D eigenvalue weighted by atomic mass is 14.3. The summed E-state index contributed by atoms with van der Waals surface area (Å²) in [4.78, 5) is 0. The SMILES string of the molecule is CC1C=CC(C)(c2ccc(C3(C)C=CC(C)(C)C=C3)cc2)C=C1. The van der Waals surface area contributed by atoms with Crippen molar-refractivity contribution in [2.24, 2.45) is 11.3 Å². The lowest BCUT2D eigenvalue weighted by Crippen LogP contribution is -2.23. The van der Waals surface area contributed by atoms with E-state index in [1.807, 2.05) is 0 Å². The summed E-state index contributed by atoms with van der Waals surface area (Å²) < 4.78 is 0. The average molecular weight is 304 g/mol. The van der Waals surface area contributed by atoms with Crippen LogP contribution in [0.4, 0.5) is 0 Å². The van der Waals surface area contributed by atoms with Crippen LogP contribution in [0.25, 0.3) is 0 Å². The van der Waals surface area contributed by atoms with Crippen molar-refractivity contribution in [1.82, 2.24) is 0 Å². The summed E-state index contributed by atoms with van der Waals surface area (Å²) in [5, 5.41) is 0. The number of allylic oxidation sites excluding steroid dienone is 8. The van der Waals surface area contributed by atoms with Gasteiger partial charge in [0, 0.05) is 16.2 Å². The Hall–Kier alpha value is -1.82. The summed E-state index contributed by atoms with van der Waals surface area (Å²) in [5.74, 6) is 0.544. The molecule has 0 radical (unpaired) electrons. The molecule has 120 valence electrons. The minimum atomic E-state index is 0.00170. The number of hydrogen-bond donors (Lipinski definition) is 0. The molecule has 0 saturated carbocycles. The van der Waals surface area contributed by atoms with Gasteiger partial charge in [-0.05, 0) is 30.9 Å². The third kappa shape index (κ3) is 3.13. The summed E-state index contributed by atoms with van der Waals surface area (Å²) in [5.41, 5.74) is 2.90. The molecular formula is C23H28.